The molecule has 8 heteroatoms. The van der Waals surface area contributed by atoms with Gasteiger partial charge in [-0.3, -0.25) is 4.99 Å². The minimum atomic E-state index is -3.37. The van der Waals surface area contributed by atoms with Crippen LogP contribution in [-0.2, 0) is 22.9 Å². The van der Waals surface area contributed by atoms with E-state index in [1.54, 1.807) is 13.1 Å². The number of hydrogen-bond acceptors (Lipinski definition) is 4. The summed E-state index contributed by atoms with van der Waals surface area (Å²) < 4.78 is 27.2. The fourth-order valence-corrected chi connectivity index (χ4v) is 6.44. The molecule has 1 aliphatic heterocycles. The molecule has 2 aromatic rings. The van der Waals surface area contributed by atoms with Crippen molar-refractivity contribution in [3.8, 4) is 0 Å². The maximum atomic E-state index is 12.6. The first-order chi connectivity index (χ1) is 13.5. The predicted octanol–water partition coefficient (Wildman–Crippen LogP) is 2.96. The smallest absolute Gasteiger partial charge is 0.252 e. The van der Waals surface area contributed by atoms with Crippen LogP contribution in [0.4, 0.5) is 5.69 Å². The van der Waals surface area contributed by atoms with E-state index in [2.05, 4.69) is 33.4 Å². The number of hydrogen-bond donors (Lipinski definition) is 1. The quantitative estimate of drug-likeness (QED) is 0.552. The summed E-state index contributed by atoms with van der Waals surface area (Å²) in [7, 11) is -1.58. The highest BCUT2D eigenvalue weighted by Crippen LogP contribution is 2.28. The second-order valence-electron chi connectivity index (χ2n) is 6.56. The van der Waals surface area contributed by atoms with E-state index in [1.807, 2.05) is 26.0 Å². The van der Waals surface area contributed by atoms with Crippen LogP contribution in [0.3, 0.4) is 0 Å². The fourth-order valence-electron chi connectivity index (χ4n) is 3.47. The Kier molecular flexibility index (Phi) is 6.74. The van der Waals surface area contributed by atoms with Crippen molar-refractivity contribution in [2.75, 3.05) is 38.1 Å². The highest BCUT2D eigenvalue weighted by atomic mass is 32.2. The fraction of sp³-hybridized carbons (Fsp3) is 0.450. The number of nitrogens with zero attached hydrogens (tertiary/aromatic N) is 3. The molecule has 6 nitrogen and oxygen atoms in total. The van der Waals surface area contributed by atoms with Gasteiger partial charge in [0.1, 0.15) is 4.21 Å². The maximum absolute atomic E-state index is 12.6. The van der Waals surface area contributed by atoms with E-state index in [4.69, 9.17) is 0 Å². The maximum Gasteiger partial charge on any atom is 0.252 e. The van der Waals surface area contributed by atoms with Gasteiger partial charge in [-0.05, 0) is 36.6 Å². The van der Waals surface area contributed by atoms with Crippen molar-refractivity contribution in [2.24, 2.45) is 4.99 Å². The Morgan fingerprint density at radius 2 is 1.96 bits per heavy atom. The van der Waals surface area contributed by atoms with Gasteiger partial charge in [0.05, 0.1) is 0 Å². The van der Waals surface area contributed by atoms with Gasteiger partial charge in [0, 0.05) is 43.8 Å². The molecule has 0 fully saturated rings. The third-order valence-corrected chi connectivity index (χ3v) is 8.61. The standard InChI is InChI=1S/C20H28N4O2S2/c1-4-23(5-2)28(25,26)19-11-10-17(27-19)12-14-22-20(21-3)24-15-13-16-8-6-7-9-18(16)24/h6-11H,4-5,12-15H2,1-3H3,(H,21,22). The molecule has 28 heavy (non-hydrogen) atoms. The summed E-state index contributed by atoms with van der Waals surface area (Å²) in [5, 5.41) is 3.42. The van der Waals surface area contributed by atoms with E-state index in [1.165, 1.54) is 26.9 Å². The molecule has 2 heterocycles. The van der Waals surface area contributed by atoms with Crippen LogP contribution in [0, 0.1) is 0 Å². The first-order valence-corrected chi connectivity index (χ1v) is 11.9. The highest BCUT2D eigenvalue weighted by molar-refractivity contribution is 7.91. The summed E-state index contributed by atoms with van der Waals surface area (Å²) in [6.45, 7) is 6.33. The molecular weight excluding hydrogens is 392 g/mol. The van der Waals surface area contributed by atoms with E-state index < -0.39 is 10.0 Å². The third kappa shape index (κ3) is 4.24. The molecule has 1 aliphatic rings. The number of rotatable bonds is 7. The SMILES string of the molecule is CCN(CC)S(=O)(=O)c1ccc(CCNC(=NC)N2CCc3ccccc32)s1. The van der Waals surface area contributed by atoms with Gasteiger partial charge in [0.2, 0.25) is 0 Å². The zero-order chi connectivity index (χ0) is 20.1. The molecule has 0 unspecified atom stereocenters. The van der Waals surface area contributed by atoms with Gasteiger partial charge in [0.15, 0.2) is 5.96 Å². The second kappa shape index (κ2) is 9.07. The van der Waals surface area contributed by atoms with Gasteiger partial charge >= 0.3 is 0 Å². The van der Waals surface area contributed by atoms with Gasteiger partial charge in [0.25, 0.3) is 10.0 Å². The van der Waals surface area contributed by atoms with Crippen LogP contribution >= 0.6 is 11.3 Å². The van der Waals surface area contributed by atoms with Crippen molar-refractivity contribution in [2.45, 2.75) is 30.9 Å². The summed E-state index contributed by atoms with van der Waals surface area (Å²) in [4.78, 5) is 7.68. The number of benzene rings is 1. The molecule has 0 amide bonds. The first kappa shape index (κ1) is 20.8. The molecule has 0 atom stereocenters. The number of guanidine groups is 1. The van der Waals surface area contributed by atoms with Gasteiger partial charge < -0.3 is 10.2 Å². The van der Waals surface area contributed by atoms with Crippen LogP contribution in [0.1, 0.15) is 24.3 Å². The van der Waals surface area contributed by atoms with E-state index in [-0.39, 0.29) is 0 Å². The number of thiophene rings is 1. The minimum Gasteiger partial charge on any atom is -0.356 e. The lowest BCUT2D eigenvalue weighted by Crippen LogP contribution is -2.41. The van der Waals surface area contributed by atoms with Crippen LogP contribution in [0.15, 0.2) is 45.6 Å². The van der Waals surface area contributed by atoms with E-state index in [9.17, 15) is 8.42 Å². The van der Waals surface area contributed by atoms with Crippen LogP contribution in [0.2, 0.25) is 0 Å². The molecule has 0 radical (unpaired) electrons. The Bertz CT molecular complexity index is 933. The number of para-hydroxylation sites is 1. The van der Waals surface area contributed by atoms with Gasteiger partial charge in [-0.2, -0.15) is 4.31 Å². The molecule has 3 rings (SSSR count). The first-order valence-electron chi connectivity index (χ1n) is 9.66. The molecule has 1 N–H and O–H groups in total. The zero-order valence-electron chi connectivity index (χ0n) is 16.7. The molecule has 1 aromatic carbocycles. The lowest BCUT2D eigenvalue weighted by molar-refractivity contribution is 0.447. The van der Waals surface area contributed by atoms with Crippen molar-refractivity contribution in [3.63, 3.8) is 0 Å². The second-order valence-corrected chi connectivity index (χ2v) is 9.90. The average Bonchev–Trinajstić information content (AvgIpc) is 3.34. The van der Waals surface area contributed by atoms with Crippen molar-refractivity contribution < 1.29 is 8.42 Å². The molecule has 0 spiro atoms. The van der Waals surface area contributed by atoms with Crippen molar-refractivity contribution >= 4 is 33.0 Å². The van der Waals surface area contributed by atoms with Gasteiger partial charge in [-0.25, -0.2) is 8.42 Å². The van der Waals surface area contributed by atoms with Gasteiger partial charge in [-0.1, -0.05) is 32.0 Å². The summed E-state index contributed by atoms with van der Waals surface area (Å²) in [6, 6.07) is 12.0. The Labute approximate surface area is 171 Å². The Morgan fingerprint density at radius 3 is 2.68 bits per heavy atom. The zero-order valence-corrected chi connectivity index (χ0v) is 18.3. The molecule has 0 saturated carbocycles. The number of aliphatic imine (C=N–C) groups is 1. The molecule has 0 bridgehead atoms. The highest BCUT2D eigenvalue weighted by Gasteiger charge is 2.24. The van der Waals surface area contributed by atoms with E-state index >= 15 is 0 Å². The summed E-state index contributed by atoms with van der Waals surface area (Å²) >= 11 is 1.36. The monoisotopic (exact) mass is 420 g/mol. The largest absolute Gasteiger partial charge is 0.356 e. The van der Waals surface area contributed by atoms with Crippen LogP contribution in [0.25, 0.3) is 0 Å². The number of fused-ring (bicyclic) bond motifs is 1. The summed E-state index contributed by atoms with van der Waals surface area (Å²) in [5.41, 5.74) is 2.55. The number of sulfonamides is 1. The van der Waals surface area contributed by atoms with Crippen LogP contribution < -0.4 is 10.2 Å². The van der Waals surface area contributed by atoms with E-state index in [0.29, 0.717) is 23.8 Å². The molecule has 1 aromatic heterocycles. The third-order valence-electron chi connectivity index (χ3n) is 4.95. The average molecular weight is 421 g/mol. The molecule has 152 valence electrons. The Hall–Kier alpha value is -1.90. The Morgan fingerprint density at radius 1 is 1.21 bits per heavy atom. The summed E-state index contributed by atoms with van der Waals surface area (Å²) in [5.74, 6) is 0.859. The molecular formula is C20H28N4O2S2. The molecule has 0 aliphatic carbocycles. The lowest BCUT2D eigenvalue weighted by atomic mass is 10.2. The topological polar surface area (TPSA) is 65.0 Å². The lowest BCUT2D eigenvalue weighted by Gasteiger charge is -2.22. The summed E-state index contributed by atoms with van der Waals surface area (Å²) in [6.07, 6.45) is 1.78. The van der Waals surface area contributed by atoms with Crippen molar-refractivity contribution in [3.05, 3.63) is 46.8 Å². The van der Waals surface area contributed by atoms with E-state index in [0.717, 1.165) is 30.2 Å². The minimum absolute atomic E-state index is 0.420. The van der Waals surface area contributed by atoms with Crippen molar-refractivity contribution in [1.82, 2.24) is 9.62 Å². The van der Waals surface area contributed by atoms with Gasteiger partial charge in [-0.15, -0.1) is 11.3 Å². The number of anilines is 1. The van der Waals surface area contributed by atoms with Crippen LogP contribution in [-0.4, -0.2) is 51.9 Å². The van der Waals surface area contributed by atoms with Crippen molar-refractivity contribution in [1.29, 1.82) is 0 Å². The molecule has 0 saturated heterocycles. The van der Waals surface area contributed by atoms with Crippen LogP contribution in [0.5, 0.6) is 0 Å². The predicted molar refractivity (Wildman–Crippen MR) is 117 cm³/mol. The number of nitrogens with one attached hydrogen (secondary N) is 1. The normalized spacial score (nSPS) is 14.6. The Balaban J connectivity index is 1.61.